The first-order chi connectivity index (χ1) is 9.76. The lowest BCUT2D eigenvalue weighted by Crippen LogP contribution is -2.34. The van der Waals surface area contributed by atoms with E-state index in [0.717, 1.165) is 12.1 Å². The van der Waals surface area contributed by atoms with Gasteiger partial charge in [-0.15, -0.1) is 0 Å². The van der Waals surface area contributed by atoms with E-state index in [1.807, 2.05) is 20.8 Å². The van der Waals surface area contributed by atoms with Crippen LogP contribution in [0.15, 0.2) is 23.1 Å². The van der Waals surface area contributed by atoms with E-state index in [4.69, 9.17) is 0 Å². The third-order valence-corrected chi connectivity index (χ3v) is 4.65. The average molecular weight is 316 g/mol. The Bertz CT molecular complexity index is 559. The molecule has 21 heavy (non-hydrogen) atoms. The molecule has 1 rings (SSSR count). The second-order valence-corrected chi connectivity index (χ2v) is 7.38. The summed E-state index contributed by atoms with van der Waals surface area (Å²) in [6.07, 6.45) is 0.706. The molecule has 0 bridgehead atoms. The standard InChI is InChI=1S/C15H25FN2O2S/c1-5-17-10-13-6-7-14(16)15(9-13)21(19,20)18-12(4)8-11(2)3/h6-7,9,11-12,17-18H,5,8,10H2,1-4H3. The minimum absolute atomic E-state index is 0.230. The number of halogens is 1. The maximum Gasteiger partial charge on any atom is 0.243 e. The number of hydrogen-bond acceptors (Lipinski definition) is 3. The van der Waals surface area contributed by atoms with Crippen molar-refractivity contribution in [3.05, 3.63) is 29.6 Å². The van der Waals surface area contributed by atoms with Crippen molar-refractivity contribution in [2.75, 3.05) is 6.54 Å². The van der Waals surface area contributed by atoms with Crippen LogP contribution in [0.5, 0.6) is 0 Å². The molecule has 4 nitrogen and oxygen atoms in total. The fourth-order valence-electron chi connectivity index (χ4n) is 2.22. The van der Waals surface area contributed by atoms with Gasteiger partial charge in [0.15, 0.2) is 0 Å². The summed E-state index contributed by atoms with van der Waals surface area (Å²) in [4.78, 5) is -0.284. The topological polar surface area (TPSA) is 58.2 Å². The minimum Gasteiger partial charge on any atom is -0.313 e. The predicted molar refractivity (Wildman–Crippen MR) is 83.0 cm³/mol. The monoisotopic (exact) mass is 316 g/mol. The van der Waals surface area contributed by atoms with Gasteiger partial charge in [0.1, 0.15) is 10.7 Å². The summed E-state index contributed by atoms with van der Waals surface area (Å²) < 4.78 is 41.0. The molecular formula is C15H25FN2O2S. The Morgan fingerprint density at radius 2 is 1.90 bits per heavy atom. The van der Waals surface area contributed by atoms with Gasteiger partial charge in [-0.1, -0.05) is 26.8 Å². The Labute approximate surface area is 127 Å². The molecular weight excluding hydrogens is 291 g/mol. The van der Waals surface area contributed by atoms with E-state index < -0.39 is 15.8 Å². The Hall–Kier alpha value is -0.980. The zero-order chi connectivity index (χ0) is 16.0. The molecule has 0 saturated carbocycles. The van der Waals surface area contributed by atoms with Crippen LogP contribution in [0.25, 0.3) is 0 Å². The fraction of sp³-hybridized carbons (Fsp3) is 0.600. The zero-order valence-electron chi connectivity index (χ0n) is 13.1. The summed E-state index contributed by atoms with van der Waals surface area (Å²) in [6, 6.07) is 3.96. The second-order valence-electron chi connectivity index (χ2n) is 5.70. The van der Waals surface area contributed by atoms with E-state index in [2.05, 4.69) is 10.0 Å². The van der Waals surface area contributed by atoms with Crippen LogP contribution in [0.2, 0.25) is 0 Å². The minimum atomic E-state index is -3.84. The lowest BCUT2D eigenvalue weighted by atomic mass is 10.1. The van der Waals surface area contributed by atoms with Gasteiger partial charge < -0.3 is 5.32 Å². The lowest BCUT2D eigenvalue weighted by molar-refractivity contribution is 0.479. The van der Waals surface area contributed by atoms with E-state index in [0.29, 0.717) is 18.9 Å². The second kappa shape index (κ2) is 7.87. The van der Waals surface area contributed by atoms with Crippen molar-refractivity contribution in [3.63, 3.8) is 0 Å². The van der Waals surface area contributed by atoms with Gasteiger partial charge in [-0.25, -0.2) is 17.5 Å². The summed E-state index contributed by atoms with van der Waals surface area (Å²) in [6.45, 7) is 9.06. The highest BCUT2D eigenvalue weighted by Gasteiger charge is 2.22. The van der Waals surface area contributed by atoms with Crippen LogP contribution >= 0.6 is 0 Å². The van der Waals surface area contributed by atoms with Gasteiger partial charge in [-0.3, -0.25) is 0 Å². The molecule has 0 radical (unpaired) electrons. The van der Waals surface area contributed by atoms with E-state index in [9.17, 15) is 12.8 Å². The Morgan fingerprint density at radius 1 is 1.24 bits per heavy atom. The summed E-state index contributed by atoms with van der Waals surface area (Å²) in [5.74, 6) is -0.355. The highest BCUT2D eigenvalue weighted by atomic mass is 32.2. The van der Waals surface area contributed by atoms with E-state index in [1.54, 1.807) is 13.0 Å². The summed E-state index contributed by atoms with van der Waals surface area (Å²) in [5, 5.41) is 3.09. The first kappa shape index (κ1) is 18.1. The highest BCUT2D eigenvalue weighted by Crippen LogP contribution is 2.18. The third-order valence-electron chi connectivity index (χ3n) is 3.05. The molecule has 0 amide bonds. The molecule has 0 aliphatic carbocycles. The Kier molecular flexibility index (Phi) is 6.77. The predicted octanol–water partition coefficient (Wildman–Crippen LogP) is 2.65. The van der Waals surface area contributed by atoms with Gasteiger partial charge in [0.25, 0.3) is 0 Å². The molecule has 6 heteroatoms. The third kappa shape index (κ3) is 5.73. The van der Waals surface area contributed by atoms with Crippen LogP contribution in [-0.2, 0) is 16.6 Å². The number of benzene rings is 1. The van der Waals surface area contributed by atoms with E-state index in [1.165, 1.54) is 12.1 Å². The van der Waals surface area contributed by atoms with Crippen LogP contribution in [0.3, 0.4) is 0 Å². The van der Waals surface area contributed by atoms with Gasteiger partial charge in [-0.05, 0) is 43.5 Å². The smallest absolute Gasteiger partial charge is 0.243 e. The molecule has 1 unspecified atom stereocenters. The average Bonchev–Trinajstić information content (AvgIpc) is 2.35. The van der Waals surface area contributed by atoms with Crippen molar-refractivity contribution in [1.82, 2.24) is 10.0 Å². The van der Waals surface area contributed by atoms with Crippen molar-refractivity contribution >= 4 is 10.0 Å². The summed E-state index contributed by atoms with van der Waals surface area (Å²) >= 11 is 0. The van der Waals surface area contributed by atoms with Crippen molar-refractivity contribution < 1.29 is 12.8 Å². The van der Waals surface area contributed by atoms with Crippen molar-refractivity contribution in [3.8, 4) is 0 Å². The molecule has 1 aromatic carbocycles. The molecule has 0 aromatic heterocycles. The maximum absolute atomic E-state index is 13.9. The van der Waals surface area contributed by atoms with Crippen molar-refractivity contribution in [2.24, 2.45) is 5.92 Å². The Balaban J connectivity index is 2.96. The van der Waals surface area contributed by atoms with Gasteiger partial charge in [0, 0.05) is 12.6 Å². The normalized spacial score (nSPS) is 13.6. The van der Waals surface area contributed by atoms with Crippen LogP contribution in [0.4, 0.5) is 4.39 Å². The molecule has 0 saturated heterocycles. The molecule has 0 heterocycles. The molecule has 1 aromatic rings. The van der Waals surface area contributed by atoms with E-state index in [-0.39, 0.29) is 10.9 Å². The number of nitrogens with one attached hydrogen (secondary N) is 2. The van der Waals surface area contributed by atoms with Gasteiger partial charge in [0.2, 0.25) is 10.0 Å². The fourth-order valence-corrected chi connectivity index (χ4v) is 3.60. The first-order valence-corrected chi connectivity index (χ1v) is 8.76. The van der Waals surface area contributed by atoms with Crippen LogP contribution < -0.4 is 10.0 Å². The molecule has 2 N–H and O–H groups in total. The van der Waals surface area contributed by atoms with Crippen molar-refractivity contribution in [2.45, 2.75) is 51.6 Å². The van der Waals surface area contributed by atoms with Crippen LogP contribution in [0.1, 0.15) is 39.7 Å². The zero-order valence-corrected chi connectivity index (χ0v) is 13.9. The van der Waals surface area contributed by atoms with E-state index >= 15 is 0 Å². The number of hydrogen-bond donors (Lipinski definition) is 2. The lowest BCUT2D eigenvalue weighted by Gasteiger charge is -2.17. The molecule has 120 valence electrons. The molecule has 0 aliphatic heterocycles. The van der Waals surface area contributed by atoms with Gasteiger partial charge in [0.05, 0.1) is 0 Å². The Morgan fingerprint density at radius 3 is 2.48 bits per heavy atom. The summed E-state index contributed by atoms with van der Waals surface area (Å²) in [7, 11) is -3.84. The molecule has 1 atom stereocenters. The molecule has 0 spiro atoms. The first-order valence-electron chi connectivity index (χ1n) is 7.27. The SMILES string of the molecule is CCNCc1ccc(F)c(S(=O)(=O)NC(C)CC(C)C)c1. The van der Waals surface area contributed by atoms with Gasteiger partial charge in [-0.2, -0.15) is 0 Å². The molecule has 0 aliphatic rings. The highest BCUT2D eigenvalue weighted by molar-refractivity contribution is 7.89. The quantitative estimate of drug-likeness (QED) is 0.775. The maximum atomic E-state index is 13.9. The van der Waals surface area contributed by atoms with Gasteiger partial charge >= 0.3 is 0 Å². The number of sulfonamides is 1. The number of rotatable bonds is 8. The largest absolute Gasteiger partial charge is 0.313 e. The van der Waals surface area contributed by atoms with Crippen molar-refractivity contribution in [1.29, 1.82) is 0 Å². The van der Waals surface area contributed by atoms with Crippen LogP contribution in [0, 0.1) is 11.7 Å². The van der Waals surface area contributed by atoms with Crippen LogP contribution in [-0.4, -0.2) is 21.0 Å². The molecule has 0 fully saturated rings. The summed E-state index contributed by atoms with van der Waals surface area (Å²) in [5.41, 5.74) is 0.745.